The van der Waals surface area contributed by atoms with Gasteiger partial charge < -0.3 is 4.74 Å². The Kier molecular flexibility index (Phi) is 5.11. The van der Waals surface area contributed by atoms with Gasteiger partial charge in [-0.25, -0.2) is 12.8 Å². The molecule has 1 aromatic rings. The van der Waals surface area contributed by atoms with Gasteiger partial charge in [0, 0.05) is 12.7 Å². The topological polar surface area (TPSA) is 46.6 Å². The summed E-state index contributed by atoms with van der Waals surface area (Å²) in [6.07, 6.45) is 3.89. The highest BCUT2D eigenvalue weighted by Crippen LogP contribution is 2.07. The van der Waals surface area contributed by atoms with Crippen molar-refractivity contribution in [2.75, 3.05) is 13.3 Å². The molecule has 0 amide bonds. The number of halogens is 1. The number of likely N-dealkylation sites (N-methyl/N-ethyl adjacent to an activating group) is 1. The Morgan fingerprint density at radius 3 is 2.53 bits per heavy atom. The van der Waals surface area contributed by atoms with Gasteiger partial charge in [-0.15, -0.1) is 0 Å². The van der Waals surface area contributed by atoms with E-state index < -0.39 is 10.0 Å². The molecule has 0 fully saturated rings. The number of sulfonamides is 1. The number of allylic oxidation sites excluding steroid dienone is 1. The van der Waals surface area contributed by atoms with Crippen molar-refractivity contribution >= 4 is 10.0 Å². The summed E-state index contributed by atoms with van der Waals surface area (Å²) in [5.74, 6) is -0.303. The Balaban J connectivity index is 2.47. The van der Waals surface area contributed by atoms with Crippen LogP contribution in [-0.4, -0.2) is 26.0 Å². The lowest BCUT2D eigenvalue weighted by Gasteiger charge is -2.15. The fourth-order valence-electron chi connectivity index (χ4n) is 1.17. The number of ether oxygens (including phenoxy) is 1. The second-order valence-corrected chi connectivity index (χ2v) is 5.98. The summed E-state index contributed by atoms with van der Waals surface area (Å²) in [5.41, 5.74) is 1.11. The van der Waals surface area contributed by atoms with Crippen molar-refractivity contribution in [3.63, 3.8) is 0 Å². The van der Waals surface area contributed by atoms with Crippen LogP contribution in [0.25, 0.3) is 0 Å². The van der Waals surface area contributed by atoms with Gasteiger partial charge in [0.05, 0.1) is 12.5 Å². The molecule has 4 nitrogen and oxygen atoms in total. The fourth-order valence-corrected chi connectivity index (χ4v) is 1.66. The molecule has 6 heteroatoms. The molecule has 104 valence electrons. The molecule has 0 aliphatic carbocycles. The third-order valence-electron chi connectivity index (χ3n) is 2.42. The van der Waals surface area contributed by atoms with E-state index in [1.54, 1.807) is 12.1 Å². The van der Waals surface area contributed by atoms with Crippen LogP contribution < -0.4 is 0 Å². The normalized spacial score (nSPS) is 11.5. The van der Waals surface area contributed by atoms with E-state index in [-0.39, 0.29) is 12.4 Å². The third kappa shape index (κ3) is 5.13. The molecule has 1 aromatic carbocycles. The summed E-state index contributed by atoms with van der Waals surface area (Å²) < 4.78 is 41.3. The second kappa shape index (κ2) is 6.38. The van der Waals surface area contributed by atoms with Gasteiger partial charge in [0.15, 0.2) is 0 Å². The van der Waals surface area contributed by atoms with Crippen molar-refractivity contribution in [2.24, 2.45) is 0 Å². The van der Waals surface area contributed by atoms with Gasteiger partial charge in [0.1, 0.15) is 12.4 Å². The molecule has 0 N–H and O–H groups in total. The lowest BCUT2D eigenvalue weighted by Crippen LogP contribution is -2.23. The minimum Gasteiger partial charge on any atom is -0.496 e. The molecule has 0 heterocycles. The maximum atomic E-state index is 12.7. The quantitative estimate of drug-likeness (QED) is 0.595. The van der Waals surface area contributed by atoms with Crippen LogP contribution in [0.1, 0.15) is 5.56 Å². The zero-order chi connectivity index (χ0) is 14.5. The predicted octanol–water partition coefficient (Wildman–Crippen LogP) is 2.26. The fraction of sp³-hybridized carbons (Fsp3) is 0.231. The van der Waals surface area contributed by atoms with E-state index in [4.69, 9.17) is 4.74 Å². The minimum absolute atomic E-state index is 0.270. The standard InChI is InChI=1S/C13H16FNO3S/c1-11(15(2)19(3,16)17)8-9-18-10-12-4-6-13(14)7-5-12/h4-9H,1,10H2,2-3H3/b9-8+. The highest BCUT2D eigenvalue weighted by atomic mass is 32.2. The highest BCUT2D eigenvalue weighted by Gasteiger charge is 2.10. The second-order valence-electron chi connectivity index (χ2n) is 3.96. The molecule has 0 aromatic heterocycles. The summed E-state index contributed by atoms with van der Waals surface area (Å²) in [6, 6.07) is 5.92. The summed E-state index contributed by atoms with van der Waals surface area (Å²) >= 11 is 0. The lowest BCUT2D eigenvalue weighted by molar-refractivity contribution is 0.236. The summed E-state index contributed by atoms with van der Waals surface area (Å²) in [7, 11) is -1.91. The SMILES string of the molecule is C=C(/C=C/OCc1ccc(F)cc1)N(C)S(C)(=O)=O. The molecule has 0 spiro atoms. The Labute approximate surface area is 112 Å². The van der Waals surface area contributed by atoms with Crippen LogP contribution in [0.4, 0.5) is 4.39 Å². The van der Waals surface area contributed by atoms with Crippen LogP contribution in [-0.2, 0) is 21.4 Å². The van der Waals surface area contributed by atoms with Crippen molar-refractivity contribution in [3.05, 3.63) is 60.3 Å². The lowest BCUT2D eigenvalue weighted by atomic mass is 10.2. The number of hydrogen-bond donors (Lipinski definition) is 0. The van der Waals surface area contributed by atoms with E-state index in [2.05, 4.69) is 6.58 Å². The molecule has 0 unspecified atom stereocenters. The molecule has 1 rings (SSSR count). The first kappa shape index (κ1) is 15.2. The Bertz CT molecular complexity index is 564. The van der Waals surface area contributed by atoms with Gasteiger partial charge in [0.2, 0.25) is 10.0 Å². The van der Waals surface area contributed by atoms with Crippen LogP contribution in [0.5, 0.6) is 0 Å². The Morgan fingerprint density at radius 1 is 1.42 bits per heavy atom. The maximum absolute atomic E-state index is 12.7. The largest absolute Gasteiger partial charge is 0.496 e. The van der Waals surface area contributed by atoms with Gasteiger partial charge in [-0.3, -0.25) is 4.31 Å². The molecule has 0 aliphatic rings. The maximum Gasteiger partial charge on any atom is 0.231 e. The van der Waals surface area contributed by atoms with Crippen LogP contribution in [0.3, 0.4) is 0 Å². The molecule has 19 heavy (non-hydrogen) atoms. The van der Waals surface area contributed by atoms with Gasteiger partial charge >= 0.3 is 0 Å². The van der Waals surface area contributed by atoms with Gasteiger partial charge in [-0.1, -0.05) is 18.7 Å². The van der Waals surface area contributed by atoms with Crippen molar-refractivity contribution in [3.8, 4) is 0 Å². The van der Waals surface area contributed by atoms with Crippen molar-refractivity contribution < 1.29 is 17.5 Å². The van der Waals surface area contributed by atoms with Gasteiger partial charge in [0.25, 0.3) is 0 Å². The summed E-state index contributed by atoms with van der Waals surface area (Å²) in [5, 5.41) is 0. The number of rotatable bonds is 6. The molecular weight excluding hydrogens is 269 g/mol. The minimum atomic E-state index is -3.31. The zero-order valence-electron chi connectivity index (χ0n) is 10.8. The smallest absolute Gasteiger partial charge is 0.231 e. The first-order valence-corrected chi connectivity index (χ1v) is 7.31. The summed E-state index contributed by atoms with van der Waals surface area (Å²) in [6.45, 7) is 3.88. The predicted molar refractivity (Wildman–Crippen MR) is 72.1 cm³/mol. The molecule has 0 aliphatic heterocycles. The molecule has 0 atom stereocenters. The Morgan fingerprint density at radius 2 is 2.00 bits per heavy atom. The van der Waals surface area contributed by atoms with E-state index in [1.807, 2.05) is 0 Å². The monoisotopic (exact) mass is 285 g/mol. The molecule has 0 radical (unpaired) electrons. The average Bonchev–Trinajstić information content (AvgIpc) is 2.34. The van der Waals surface area contributed by atoms with E-state index >= 15 is 0 Å². The van der Waals surface area contributed by atoms with Crippen LogP contribution in [0.2, 0.25) is 0 Å². The van der Waals surface area contributed by atoms with Crippen LogP contribution in [0.15, 0.2) is 48.9 Å². The van der Waals surface area contributed by atoms with E-state index in [0.717, 1.165) is 16.1 Å². The van der Waals surface area contributed by atoms with Gasteiger partial charge in [-0.2, -0.15) is 0 Å². The van der Waals surface area contributed by atoms with E-state index in [0.29, 0.717) is 5.70 Å². The van der Waals surface area contributed by atoms with Gasteiger partial charge in [-0.05, 0) is 23.8 Å². The van der Waals surface area contributed by atoms with Crippen molar-refractivity contribution in [1.82, 2.24) is 4.31 Å². The third-order valence-corrected chi connectivity index (χ3v) is 3.65. The average molecular weight is 285 g/mol. The van der Waals surface area contributed by atoms with Crippen LogP contribution in [0, 0.1) is 5.82 Å². The zero-order valence-corrected chi connectivity index (χ0v) is 11.7. The van der Waals surface area contributed by atoms with E-state index in [1.165, 1.54) is 31.5 Å². The highest BCUT2D eigenvalue weighted by molar-refractivity contribution is 7.88. The Hall–Kier alpha value is -1.82. The van der Waals surface area contributed by atoms with E-state index in [9.17, 15) is 12.8 Å². The first-order chi connectivity index (χ1) is 8.80. The molecule has 0 bridgehead atoms. The van der Waals surface area contributed by atoms with Crippen molar-refractivity contribution in [1.29, 1.82) is 0 Å². The number of nitrogens with zero attached hydrogens (tertiary/aromatic N) is 1. The molecular formula is C13H16FNO3S. The van der Waals surface area contributed by atoms with Crippen molar-refractivity contribution in [2.45, 2.75) is 6.61 Å². The number of hydrogen-bond acceptors (Lipinski definition) is 3. The summed E-state index contributed by atoms with van der Waals surface area (Å²) in [4.78, 5) is 0. The molecule has 0 saturated carbocycles. The van der Waals surface area contributed by atoms with Crippen LogP contribution >= 0.6 is 0 Å². The molecule has 0 saturated heterocycles. The first-order valence-electron chi connectivity index (χ1n) is 5.46. The number of benzene rings is 1.